The van der Waals surface area contributed by atoms with Gasteiger partial charge in [0.2, 0.25) is 0 Å². The van der Waals surface area contributed by atoms with Crippen LogP contribution in [0.1, 0.15) is 15.9 Å². The van der Waals surface area contributed by atoms with Crippen molar-refractivity contribution in [2.24, 2.45) is 0 Å². The number of Topliss-reactive ketones (excluding diaryl/α,β-unsaturated/α-hetero) is 1. The molecule has 0 aliphatic carbocycles. The number of nitrogens with one attached hydrogen (secondary N) is 2. The van der Waals surface area contributed by atoms with Gasteiger partial charge in [-0.05, 0) is 24.3 Å². The van der Waals surface area contributed by atoms with Gasteiger partial charge in [-0.3, -0.25) is 14.5 Å². The summed E-state index contributed by atoms with van der Waals surface area (Å²) < 4.78 is 0. The molecule has 2 N–H and O–H groups in total. The zero-order valence-corrected chi connectivity index (χ0v) is 15.3. The molecule has 0 aromatic heterocycles. The molecule has 2 aromatic rings. The zero-order chi connectivity index (χ0) is 18.1. The number of piperazine rings is 1. The lowest BCUT2D eigenvalue weighted by Crippen LogP contribution is -3.28. The van der Waals surface area contributed by atoms with Gasteiger partial charge in [0.15, 0.2) is 6.67 Å². The van der Waals surface area contributed by atoms with Gasteiger partial charge in [0.25, 0.3) is 5.78 Å². The molecule has 1 fully saturated rings. The van der Waals surface area contributed by atoms with Crippen LogP contribution in [0.5, 0.6) is 0 Å². The molecule has 134 valence electrons. The van der Waals surface area contributed by atoms with Crippen molar-refractivity contribution >= 4 is 29.0 Å². The first-order chi connectivity index (χ1) is 12.6. The molecular weight excluding hydrogens is 350 g/mol. The number of carbonyl (C=O) groups excluding carboxylic acids is 2. The fraction of sp³-hybridized carbons (Fsp3) is 0.300. The minimum Gasteiger partial charge on any atom is -0.322 e. The minimum atomic E-state index is -0.394. The number of fused-ring (bicyclic) bond motifs is 1. The van der Waals surface area contributed by atoms with Crippen molar-refractivity contribution in [3.8, 4) is 0 Å². The van der Waals surface area contributed by atoms with Gasteiger partial charge in [-0.15, -0.1) is 0 Å². The van der Waals surface area contributed by atoms with Gasteiger partial charge in [0.1, 0.15) is 32.7 Å². The van der Waals surface area contributed by atoms with Crippen molar-refractivity contribution < 1.29 is 19.4 Å². The number of anilines is 1. The van der Waals surface area contributed by atoms with E-state index in [0.29, 0.717) is 12.2 Å². The van der Waals surface area contributed by atoms with Crippen LogP contribution in [-0.4, -0.2) is 44.5 Å². The number of carbonyl (C=O) groups is 2. The summed E-state index contributed by atoms with van der Waals surface area (Å²) in [6.07, 6.45) is 0. The Morgan fingerprint density at radius 2 is 1.54 bits per heavy atom. The molecule has 0 radical (unpaired) electrons. The van der Waals surface area contributed by atoms with E-state index in [2.05, 4.69) is 12.1 Å². The van der Waals surface area contributed by atoms with Crippen molar-refractivity contribution in [1.82, 2.24) is 0 Å². The van der Waals surface area contributed by atoms with E-state index in [1.54, 1.807) is 21.9 Å². The SMILES string of the molecule is O=C1C(=O)N(C[NH+]2CC[NH+](Cc3ccc(Cl)cc3)CC2)c2ccccc21. The summed E-state index contributed by atoms with van der Waals surface area (Å²) in [5, 5.41) is 0.767. The lowest BCUT2D eigenvalue weighted by atomic mass is 10.1. The molecule has 0 spiro atoms. The predicted molar refractivity (Wildman–Crippen MR) is 99.7 cm³/mol. The first-order valence-electron chi connectivity index (χ1n) is 8.98. The van der Waals surface area contributed by atoms with E-state index >= 15 is 0 Å². The van der Waals surface area contributed by atoms with Crippen LogP contribution in [0.25, 0.3) is 0 Å². The maximum atomic E-state index is 12.3. The second-order valence-corrected chi connectivity index (χ2v) is 7.48. The third-order valence-electron chi connectivity index (χ3n) is 5.29. The van der Waals surface area contributed by atoms with E-state index in [-0.39, 0.29) is 5.78 Å². The maximum absolute atomic E-state index is 12.3. The monoisotopic (exact) mass is 371 g/mol. The largest absolute Gasteiger partial charge is 0.322 e. The number of halogens is 1. The molecule has 6 heteroatoms. The van der Waals surface area contributed by atoms with Crippen LogP contribution in [0.15, 0.2) is 48.5 Å². The second-order valence-electron chi connectivity index (χ2n) is 7.04. The smallest absolute Gasteiger partial charge is 0.303 e. The Morgan fingerprint density at radius 3 is 2.27 bits per heavy atom. The number of quaternary nitrogens is 2. The summed E-state index contributed by atoms with van der Waals surface area (Å²) in [7, 11) is 0. The third kappa shape index (κ3) is 3.38. The molecule has 2 aliphatic rings. The predicted octanol–water partition coefficient (Wildman–Crippen LogP) is -0.190. The summed E-state index contributed by atoms with van der Waals surface area (Å²) >= 11 is 5.95. The molecule has 5 nitrogen and oxygen atoms in total. The highest BCUT2D eigenvalue weighted by Gasteiger charge is 2.38. The van der Waals surface area contributed by atoms with Crippen LogP contribution >= 0.6 is 11.6 Å². The first-order valence-corrected chi connectivity index (χ1v) is 9.36. The van der Waals surface area contributed by atoms with E-state index in [0.717, 1.165) is 43.4 Å². The van der Waals surface area contributed by atoms with Crippen molar-refractivity contribution in [3.63, 3.8) is 0 Å². The summed E-state index contributed by atoms with van der Waals surface area (Å²) in [5.74, 6) is -0.776. The first kappa shape index (κ1) is 17.2. The Hall–Kier alpha value is -2.21. The molecule has 2 heterocycles. The third-order valence-corrected chi connectivity index (χ3v) is 5.54. The average molecular weight is 372 g/mol. The van der Waals surface area contributed by atoms with Gasteiger partial charge < -0.3 is 9.80 Å². The van der Waals surface area contributed by atoms with Gasteiger partial charge >= 0.3 is 5.91 Å². The molecule has 26 heavy (non-hydrogen) atoms. The summed E-state index contributed by atoms with van der Waals surface area (Å²) in [4.78, 5) is 29.0. The molecule has 1 amide bonds. The molecular formula is C20H22ClN3O2+2. The van der Waals surface area contributed by atoms with Crippen LogP contribution in [0, 0.1) is 0 Å². The van der Waals surface area contributed by atoms with E-state index in [1.807, 2.05) is 24.3 Å². The molecule has 2 aliphatic heterocycles. The zero-order valence-electron chi connectivity index (χ0n) is 14.5. The Morgan fingerprint density at radius 1 is 0.885 bits per heavy atom. The van der Waals surface area contributed by atoms with E-state index in [4.69, 9.17) is 11.6 Å². The lowest BCUT2D eigenvalue weighted by molar-refractivity contribution is -1.02. The highest BCUT2D eigenvalue weighted by atomic mass is 35.5. The van der Waals surface area contributed by atoms with Gasteiger partial charge in [0, 0.05) is 10.6 Å². The van der Waals surface area contributed by atoms with Crippen LogP contribution in [0.4, 0.5) is 5.69 Å². The normalized spacial score (nSPS) is 22.6. The Kier molecular flexibility index (Phi) is 4.76. The van der Waals surface area contributed by atoms with Gasteiger partial charge in [-0.1, -0.05) is 35.9 Å². The van der Waals surface area contributed by atoms with Crippen molar-refractivity contribution in [1.29, 1.82) is 0 Å². The Balaban J connectivity index is 1.35. The second kappa shape index (κ2) is 7.19. The van der Waals surface area contributed by atoms with Crippen molar-refractivity contribution in [2.75, 3.05) is 37.7 Å². The standard InChI is InChI=1S/C20H20ClN3O2/c21-16-7-5-15(6-8-16)13-22-9-11-23(12-10-22)14-24-18-4-2-1-3-17(18)19(25)20(24)26/h1-8H,9-14H2/p+2. The van der Waals surface area contributed by atoms with Gasteiger partial charge in [0.05, 0.1) is 11.3 Å². The minimum absolute atomic E-state index is 0.382. The molecule has 0 unspecified atom stereocenters. The van der Waals surface area contributed by atoms with Crippen molar-refractivity contribution in [3.05, 3.63) is 64.7 Å². The summed E-state index contributed by atoms with van der Waals surface area (Å²) in [5.41, 5.74) is 2.58. The van der Waals surface area contributed by atoms with E-state index in [9.17, 15) is 9.59 Å². The van der Waals surface area contributed by atoms with Crippen LogP contribution in [0.3, 0.4) is 0 Å². The van der Waals surface area contributed by atoms with Crippen LogP contribution in [0.2, 0.25) is 5.02 Å². The number of hydrogen-bond donors (Lipinski definition) is 2. The summed E-state index contributed by atoms with van der Waals surface area (Å²) in [6, 6.07) is 15.3. The fourth-order valence-corrected chi connectivity index (χ4v) is 3.94. The van der Waals surface area contributed by atoms with Crippen LogP contribution < -0.4 is 14.7 Å². The molecule has 0 atom stereocenters. The highest BCUT2D eigenvalue weighted by Crippen LogP contribution is 2.27. The number of benzene rings is 2. The molecule has 1 saturated heterocycles. The topological polar surface area (TPSA) is 46.3 Å². The van der Waals surface area contributed by atoms with E-state index in [1.165, 1.54) is 10.5 Å². The van der Waals surface area contributed by atoms with E-state index < -0.39 is 5.91 Å². The van der Waals surface area contributed by atoms with Gasteiger partial charge in [-0.25, -0.2) is 0 Å². The number of para-hydroxylation sites is 1. The van der Waals surface area contributed by atoms with Crippen LogP contribution in [-0.2, 0) is 11.3 Å². The number of nitrogens with zero attached hydrogens (tertiary/aromatic N) is 1. The van der Waals surface area contributed by atoms with Gasteiger partial charge in [-0.2, -0.15) is 0 Å². The van der Waals surface area contributed by atoms with Crippen molar-refractivity contribution in [2.45, 2.75) is 6.54 Å². The number of hydrogen-bond acceptors (Lipinski definition) is 2. The number of rotatable bonds is 4. The Labute approximate surface area is 157 Å². The fourth-order valence-electron chi connectivity index (χ4n) is 3.81. The number of amides is 1. The molecule has 4 rings (SSSR count). The highest BCUT2D eigenvalue weighted by molar-refractivity contribution is 6.52. The number of ketones is 1. The summed E-state index contributed by atoms with van der Waals surface area (Å²) in [6.45, 7) is 5.64. The average Bonchev–Trinajstić information content (AvgIpc) is 2.90. The lowest BCUT2D eigenvalue weighted by Gasteiger charge is -2.31. The quantitative estimate of drug-likeness (QED) is 0.732. The molecule has 2 aromatic carbocycles. The molecule has 0 saturated carbocycles. The molecule has 0 bridgehead atoms. The Bertz CT molecular complexity index is 829. The maximum Gasteiger partial charge on any atom is 0.303 e.